The molecule has 0 radical (unpaired) electrons. The first kappa shape index (κ1) is 11.9. The molecule has 5 heteroatoms. The lowest BCUT2D eigenvalue weighted by Gasteiger charge is -2.13. The maximum atomic E-state index is 9.65. The first-order chi connectivity index (χ1) is 6.43. The van der Waals surface area contributed by atoms with Crippen LogP contribution in [0.4, 0.5) is 0 Å². The Morgan fingerprint density at radius 1 is 1.21 bits per heavy atom. The molecule has 14 heavy (non-hydrogen) atoms. The van der Waals surface area contributed by atoms with Crippen LogP contribution in [0.3, 0.4) is 0 Å². The van der Waals surface area contributed by atoms with Crippen LogP contribution in [0.5, 0.6) is 5.75 Å². The summed E-state index contributed by atoms with van der Waals surface area (Å²) in [5.41, 5.74) is 0.661. The zero-order valence-corrected chi connectivity index (χ0v) is 10.1. The third kappa shape index (κ3) is 2.45. The fourth-order valence-electron chi connectivity index (χ4n) is 1.10. The van der Waals surface area contributed by atoms with Gasteiger partial charge in [-0.25, -0.2) is 0 Å². The van der Waals surface area contributed by atoms with Gasteiger partial charge in [0.1, 0.15) is 10.8 Å². The van der Waals surface area contributed by atoms with E-state index in [9.17, 15) is 5.11 Å². The van der Waals surface area contributed by atoms with Crippen LogP contribution in [0.2, 0.25) is 15.1 Å². The minimum absolute atomic E-state index is 0.00485. The van der Waals surface area contributed by atoms with Crippen molar-refractivity contribution < 1.29 is 5.11 Å². The van der Waals surface area contributed by atoms with Crippen LogP contribution < -0.4 is 0 Å². The molecule has 0 fully saturated rings. The van der Waals surface area contributed by atoms with E-state index in [1.165, 1.54) is 0 Å². The number of rotatable bonds is 2. The van der Waals surface area contributed by atoms with Crippen LogP contribution in [0.1, 0.15) is 5.56 Å². The number of benzene rings is 1. The average Bonchev–Trinajstić information content (AvgIpc) is 2.10. The standard InChI is InChI=1S/C9H10Cl3NO/c1-13(2)4-5-3-6(10)7(11)8(12)9(5)14/h3,14H,4H2,1-2H3. The second-order valence-electron chi connectivity index (χ2n) is 3.23. The maximum Gasteiger partial charge on any atom is 0.140 e. The zero-order valence-electron chi connectivity index (χ0n) is 7.81. The van der Waals surface area contributed by atoms with Gasteiger partial charge in [-0.1, -0.05) is 34.8 Å². The molecule has 1 aromatic carbocycles. The molecule has 78 valence electrons. The van der Waals surface area contributed by atoms with E-state index in [-0.39, 0.29) is 15.8 Å². The van der Waals surface area contributed by atoms with Gasteiger partial charge in [-0.15, -0.1) is 0 Å². The van der Waals surface area contributed by atoms with Gasteiger partial charge in [-0.2, -0.15) is 0 Å². The Balaban J connectivity index is 3.19. The lowest BCUT2D eigenvalue weighted by Crippen LogP contribution is -2.10. The number of phenolic OH excluding ortho intramolecular Hbond substituents is 1. The van der Waals surface area contributed by atoms with Gasteiger partial charge in [-0.3, -0.25) is 0 Å². The van der Waals surface area contributed by atoms with Crippen molar-refractivity contribution in [3.05, 3.63) is 26.7 Å². The Bertz CT molecular complexity index is 352. The van der Waals surface area contributed by atoms with Gasteiger partial charge in [0, 0.05) is 12.1 Å². The number of hydrogen-bond donors (Lipinski definition) is 1. The van der Waals surface area contributed by atoms with Gasteiger partial charge in [0.05, 0.1) is 10.0 Å². The Morgan fingerprint density at radius 3 is 2.29 bits per heavy atom. The summed E-state index contributed by atoms with van der Waals surface area (Å²) in [4.78, 5) is 1.90. The molecule has 0 aliphatic heterocycles. The normalized spacial score (nSPS) is 11.0. The number of aromatic hydroxyl groups is 1. The summed E-state index contributed by atoms with van der Waals surface area (Å²) in [6.45, 7) is 0.558. The third-order valence-corrected chi connectivity index (χ3v) is 2.95. The molecule has 0 atom stereocenters. The molecule has 0 unspecified atom stereocenters. The monoisotopic (exact) mass is 253 g/mol. The Kier molecular flexibility index (Phi) is 3.90. The zero-order chi connectivity index (χ0) is 10.9. The molecule has 0 aromatic heterocycles. The Hall–Kier alpha value is -0.150. The summed E-state index contributed by atoms with van der Waals surface area (Å²) in [5, 5.41) is 10.3. The first-order valence-corrected chi connectivity index (χ1v) is 5.07. The van der Waals surface area contributed by atoms with E-state index < -0.39 is 0 Å². The van der Waals surface area contributed by atoms with Crippen LogP contribution in [-0.4, -0.2) is 24.1 Å². The molecule has 0 saturated heterocycles. The SMILES string of the molecule is CN(C)Cc1cc(Cl)c(Cl)c(Cl)c1O. The van der Waals surface area contributed by atoms with Gasteiger partial charge in [0.15, 0.2) is 0 Å². The summed E-state index contributed by atoms with van der Waals surface area (Å²) in [5.74, 6) is -0.00485. The third-order valence-electron chi connectivity index (χ3n) is 1.70. The Morgan fingerprint density at radius 2 is 1.79 bits per heavy atom. The second kappa shape index (κ2) is 4.58. The van der Waals surface area contributed by atoms with Gasteiger partial charge in [0.2, 0.25) is 0 Å². The average molecular weight is 255 g/mol. The van der Waals surface area contributed by atoms with Gasteiger partial charge < -0.3 is 10.0 Å². The second-order valence-corrected chi connectivity index (χ2v) is 4.39. The van der Waals surface area contributed by atoms with Crippen molar-refractivity contribution in [2.75, 3.05) is 14.1 Å². The smallest absolute Gasteiger partial charge is 0.140 e. The number of phenols is 1. The summed E-state index contributed by atoms with van der Waals surface area (Å²) >= 11 is 17.4. The van der Waals surface area contributed by atoms with Crippen molar-refractivity contribution in [1.82, 2.24) is 4.90 Å². The van der Waals surface area contributed by atoms with E-state index in [1.54, 1.807) is 6.07 Å². The summed E-state index contributed by atoms with van der Waals surface area (Å²) in [6.07, 6.45) is 0. The molecule has 1 aromatic rings. The van der Waals surface area contributed by atoms with E-state index in [2.05, 4.69) is 0 Å². The van der Waals surface area contributed by atoms with E-state index >= 15 is 0 Å². The highest BCUT2D eigenvalue weighted by Crippen LogP contribution is 2.39. The summed E-state index contributed by atoms with van der Waals surface area (Å²) < 4.78 is 0. The number of hydrogen-bond acceptors (Lipinski definition) is 2. The lowest BCUT2D eigenvalue weighted by atomic mass is 10.2. The van der Waals surface area contributed by atoms with Crippen molar-refractivity contribution in [3.8, 4) is 5.75 Å². The van der Waals surface area contributed by atoms with Crippen LogP contribution in [0.25, 0.3) is 0 Å². The molecule has 0 spiro atoms. The lowest BCUT2D eigenvalue weighted by molar-refractivity contribution is 0.386. The van der Waals surface area contributed by atoms with Crippen molar-refractivity contribution in [1.29, 1.82) is 0 Å². The van der Waals surface area contributed by atoms with Gasteiger partial charge in [0.25, 0.3) is 0 Å². The van der Waals surface area contributed by atoms with E-state index in [4.69, 9.17) is 34.8 Å². The summed E-state index contributed by atoms with van der Waals surface area (Å²) in [6, 6.07) is 1.62. The molecule has 1 N–H and O–H groups in total. The van der Waals surface area contributed by atoms with Crippen molar-refractivity contribution >= 4 is 34.8 Å². The Labute approximate surface area is 98.0 Å². The first-order valence-electron chi connectivity index (χ1n) is 3.93. The van der Waals surface area contributed by atoms with Gasteiger partial charge >= 0.3 is 0 Å². The van der Waals surface area contributed by atoms with E-state index in [0.717, 1.165) is 0 Å². The van der Waals surface area contributed by atoms with Crippen molar-refractivity contribution in [3.63, 3.8) is 0 Å². The maximum absolute atomic E-state index is 9.65. The molecule has 1 rings (SSSR count). The number of nitrogens with zero attached hydrogens (tertiary/aromatic N) is 1. The molecule has 0 saturated carbocycles. The molecule has 0 aliphatic rings. The molecule has 2 nitrogen and oxygen atoms in total. The fourth-order valence-corrected chi connectivity index (χ4v) is 1.74. The molecule has 0 amide bonds. The van der Waals surface area contributed by atoms with Crippen LogP contribution in [0, 0.1) is 0 Å². The van der Waals surface area contributed by atoms with Crippen LogP contribution in [0.15, 0.2) is 6.07 Å². The minimum atomic E-state index is -0.00485. The quantitative estimate of drug-likeness (QED) is 0.818. The van der Waals surface area contributed by atoms with E-state index in [1.807, 2.05) is 19.0 Å². The summed E-state index contributed by atoms with van der Waals surface area (Å²) in [7, 11) is 3.77. The highest BCUT2D eigenvalue weighted by Gasteiger charge is 2.13. The minimum Gasteiger partial charge on any atom is -0.506 e. The molecule has 0 bridgehead atoms. The predicted octanol–water partition coefficient (Wildman–Crippen LogP) is 3.41. The fraction of sp³-hybridized carbons (Fsp3) is 0.333. The van der Waals surface area contributed by atoms with Crippen molar-refractivity contribution in [2.45, 2.75) is 6.54 Å². The topological polar surface area (TPSA) is 23.5 Å². The van der Waals surface area contributed by atoms with E-state index in [0.29, 0.717) is 17.1 Å². The van der Waals surface area contributed by atoms with Crippen molar-refractivity contribution in [2.24, 2.45) is 0 Å². The molecule has 0 heterocycles. The predicted molar refractivity (Wildman–Crippen MR) is 60.5 cm³/mol. The van der Waals surface area contributed by atoms with Crippen LogP contribution >= 0.6 is 34.8 Å². The van der Waals surface area contributed by atoms with Gasteiger partial charge in [-0.05, 0) is 20.2 Å². The largest absolute Gasteiger partial charge is 0.506 e. The highest BCUT2D eigenvalue weighted by molar-refractivity contribution is 6.48. The highest BCUT2D eigenvalue weighted by atomic mass is 35.5. The van der Waals surface area contributed by atoms with Crippen LogP contribution in [-0.2, 0) is 6.54 Å². The number of halogens is 3. The molecule has 0 aliphatic carbocycles. The molecular weight excluding hydrogens is 244 g/mol. The molecular formula is C9H10Cl3NO.